The second kappa shape index (κ2) is 8.46. The number of imidazole rings is 1. The number of methoxy groups -OCH3 is 1. The highest BCUT2D eigenvalue weighted by atomic mass is 32.1. The number of nitrogens with zero attached hydrogens (tertiary/aromatic N) is 5. The van der Waals surface area contributed by atoms with Crippen LogP contribution < -0.4 is 5.73 Å². The van der Waals surface area contributed by atoms with Crippen LogP contribution in [0.4, 0.5) is 5.13 Å². The van der Waals surface area contributed by atoms with E-state index in [4.69, 9.17) is 15.5 Å². The van der Waals surface area contributed by atoms with Gasteiger partial charge in [0, 0.05) is 44.0 Å². The molecule has 154 valence electrons. The normalized spacial score (nSPS) is 14.9. The Morgan fingerprint density at radius 1 is 1.41 bits per heavy atom. The van der Waals surface area contributed by atoms with Crippen molar-refractivity contribution in [3.8, 4) is 0 Å². The van der Waals surface area contributed by atoms with Gasteiger partial charge in [0.1, 0.15) is 11.3 Å². The number of hydrogen-bond acceptors (Lipinski definition) is 7. The van der Waals surface area contributed by atoms with Gasteiger partial charge in [-0.3, -0.25) is 4.79 Å². The minimum absolute atomic E-state index is 0.128. The van der Waals surface area contributed by atoms with Crippen LogP contribution in [0.2, 0.25) is 0 Å². The maximum Gasteiger partial charge on any atom is 0.222 e. The highest BCUT2D eigenvalue weighted by Gasteiger charge is 2.24. The number of hydrogen-bond donors (Lipinski definition) is 1. The zero-order valence-corrected chi connectivity index (χ0v) is 17.6. The minimum atomic E-state index is 0.128. The molecule has 0 aromatic carbocycles. The summed E-state index contributed by atoms with van der Waals surface area (Å²) in [5.41, 5.74) is 8.59. The molecule has 0 spiro atoms. The van der Waals surface area contributed by atoms with E-state index in [-0.39, 0.29) is 11.9 Å². The monoisotopic (exact) mass is 414 g/mol. The van der Waals surface area contributed by atoms with E-state index in [1.165, 1.54) is 11.3 Å². The molecule has 2 N–H and O–H groups in total. The summed E-state index contributed by atoms with van der Waals surface area (Å²) in [5.74, 6) is 1.13. The Balaban J connectivity index is 1.41. The Kier molecular flexibility index (Phi) is 5.77. The van der Waals surface area contributed by atoms with Crippen LogP contribution in [0.15, 0.2) is 18.3 Å². The maximum atomic E-state index is 12.7. The molecule has 4 rings (SSSR count). The summed E-state index contributed by atoms with van der Waals surface area (Å²) in [6.45, 7) is 4.01. The summed E-state index contributed by atoms with van der Waals surface area (Å²) < 4.78 is 7.47. The van der Waals surface area contributed by atoms with Gasteiger partial charge in [-0.05, 0) is 25.5 Å². The summed E-state index contributed by atoms with van der Waals surface area (Å²) in [4.78, 5) is 29.3. The van der Waals surface area contributed by atoms with Gasteiger partial charge in [-0.1, -0.05) is 0 Å². The fourth-order valence-electron chi connectivity index (χ4n) is 3.92. The van der Waals surface area contributed by atoms with Crippen LogP contribution in [0.25, 0.3) is 11.2 Å². The molecular formula is C20H26N6O2S. The lowest BCUT2D eigenvalue weighted by Crippen LogP contribution is -2.35. The van der Waals surface area contributed by atoms with Crippen molar-refractivity contribution in [1.82, 2.24) is 24.4 Å². The van der Waals surface area contributed by atoms with Gasteiger partial charge in [0.25, 0.3) is 0 Å². The number of rotatable bonds is 7. The molecule has 9 heteroatoms. The summed E-state index contributed by atoms with van der Waals surface area (Å²) in [7, 11) is 1.70. The molecule has 0 saturated carbocycles. The first kappa shape index (κ1) is 19.8. The number of carbonyl (C=O) groups excluding carboxylic acids is 1. The molecule has 0 fully saturated rings. The molecule has 0 unspecified atom stereocenters. The van der Waals surface area contributed by atoms with Crippen molar-refractivity contribution in [2.75, 3.05) is 26.0 Å². The summed E-state index contributed by atoms with van der Waals surface area (Å²) in [5, 5.41) is 0.585. The lowest BCUT2D eigenvalue weighted by atomic mass is 10.1. The highest BCUT2D eigenvalue weighted by molar-refractivity contribution is 7.15. The molecule has 29 heavy (non-hydrogen) atoms. The number of nitrogen functional groups attached to an aromatic ring is 1. The zero-order chi connectivity index (χ0) is 20.4. The van der Waals surface area contributed by atoms with Gasteiger partial charge < -0.3 is 19.9 Å². The summed E-state index contributed by atoms with van der Waals surface area (Å²) in [6, 6.07) is 3.99. The third kappa shape index (κ3) is 4.11. The van der Waals surface area contributed by atoms with Crippen molar-refractivity contribution in [2.45, 2.75) is 45.2 Å². The van der Waals surface area contributed by atoms with Gasteiger partial charge in [0.15, 0.2) is 10.8 Å². The van der Waals surface area contributed by atoms with Crippen molar-refractivity contribution in [1.29, 1.82) is 0 Å². The third-order valence-electron chi connectivity index (χ3n) is 5.26. The first-order valence-electron chi connectivity index (χ1n) is 9.89. The average Bonchev–Trinajstić information content (AvgIpc) is 3.26. The molecule has 1 amide bonds. The molecule has 0 saturated heterocycles. The predicted molar refractivity (Wildman–Crippen MR) is 113 cm³/mol. The van der Waals surface area contributed by atoms with E-state index in [2.05, 4.69) is 21.5 Å². The number of aromatic nitrogens is 4. The van der Waals surface area contributed by atoms with E-state index in [0.29, 0.717) is 31.2 Å². The van der Waals surface area contributed by atoms with Gasteiger partial charge in [-0.2, -0.15) is 0 Å². The lowest BCUT2D eigenvalue weighted by molar-refractivity contribution is -0.132. The van der Waals surface area contributed by atoms with Crippen molar-refractivity contribution < 1.29 is 9.53 Å². The number of carbonyl (C=O) groups is 1. The molecule has 0 radical (unpaired) electrons. The van der Waals surface area contributed by atoms with E-state index in [1.807, 2.05) is 17.0 Å². The number of thiazole rings is 1. The SMILES string of the molecule is COC[C@H](C)n1c(CCCC(=O)N2CCc3nc(N)sc3C2)nc2cccnc21. The Morgan fingerprint density at radius 3 is 3.10 bits per heavy atom. The Hall–Kier alpha value is -2.52. The smallest absolute Gasteiger partial charge is 0.222 e. The summed E-state index contributed by atoms with van der Waals surface area (Å²) in [6.07, 6.45) is 4.53. The number of pyridine rings is 1. The van der Waals surface area contributed by atoms with E-state index >= 15 is 0 Å². The molecule has 3 aromatic heterocycles. The molecule has 4 heterocycles. The van der Waals surface area contributed by atoms with E-state index in [9.17, 15) is 4.79 Å². The number of nitrogens with two attached hydrogens (primary N) is 1. The van der Waals surface area contributed by atoms with Crippen LogP contribution in [0, 0.1) is 0 Å². The second-order valence-electron chi connectivity index (χ2n) is 7.39. The van der Waals surface area contributed by atoms with Crippen molar-refractivity contribution in [3.05, 3.63) is 34.7 Å². The first-order chi connectivity index (χ1) is 14.1. The second-order valence-corrected chi connectivity index (χ2v) is 8.50. The Labute approximate surface area is 173 Å². The average molecular weight is 415 g/mol. The van der Waals surface area contributed by atoms with Gasteiger partial charge in [-0.15, -0.1) is 11.3 Å². The minimum Gasteiger partial charge on any atom is -0.383 e. The fraction of sp³-hybridized carbons (Fsp3) is 0.500. The van der Waals surface area contributed by atoms with Crippen LogP contribution in [0.1, 0.15) is 42.2 Å². The van der Waals surface area contributed by atoms with Gasteiger partial charge >= 0.3 is 0 Å². The van der Waals surface area contributed by atoms with Gasteiger partial charge in [0.2, 0.25) is 5.91 Å². The molecule has 1 aliphatic heterocycles. The quantitative estimate of drug-likeness (QED) is 0.638. The first-order valence-corrected chi connectivity index (χ1v) is 10.7. The molecule has 0 bridgehead atoms. The molecule has 1 atom stereocenters. The van der Waals surface area contributed by atoms with E-state index in [1.54, 1.807) is 13.3 Å². The number of ether oxygens (including phenoxy) is 1. The maximum absolute atomic E-state index is 12.7. The van der Waals surface area contributed by atoms with Crippen molar-refractivity contribution >= 4 is 33.5 Å². The Bertz CT molecular complexity index is 1010. The largest absolute Gasteiger partial charge is 0.383 e. The molecule has 1 aliphatic rings. The molecule has 3 aromatic rings. The zero-order valence-electron chi connectivity index (χ0n) is 16.8. The van der Waals surface area contributed by atoms with Crippen LogP contribution in [-0.4, -0.2) is 50.6 Å². The van der Waals surface area contributed by atoms with Gasteiger partial charge in [-0.25, -0.2) is 15.0 Å². The fourth-order valence-corrected chi connectivity index (χ4v) is 4.81. The number of amides is 1. The van der Waals surface area contributed by atoms with Crippen LogP contribution in [0.3, 0.4) is 0 Å². The van der Waals surface area contributed by atoms with Crippen molar-refractivity contribution in [3.63, 3.8) is 0 Å². The molecule has 0 aliphatic carbocycles. The number of fused-ring (bicyclic) bond motifs is 2. The van der Waals surface area contributed by atoms with Crippen LogP contribution in [-0.2, 0) is 28.9 Å². The Morgan fingerprint density at radius 2 is 2.28 bits per heavy atom. The van der Waals surface area contributed by atoms with E-state index < -0.39 is 0 Å². The highest BCUT2D eigenvalue weighted by Crippen LogP contribution is 2.27. The van der Waals surface area contributed by atoms with Gasteiger partial charge in [0.05, 0.1) is 24.9 Å². The van der Waals surface area contributed by atoms with Crippen LogP contribution in [0.5, 0.6) is 0 Å². The third-order valence-corrected chi connectivity index (χ3v) is 6.17. The van der Waals surface area contributed by atoms with Crippen LogP contribution >= 0.6 is 11.3 Å². The molecular weight excluding hydrogens is 388 g/mol. The number of aryl methyl sites for hydroxylation is 1. The predicted octanol–water partition coefficient (Wildman–Crippen LogP) is 2.59. The van der Waals surface area contributed by atoms with Crippen molar-refractivity contribution in [2.24, 2.45) is 0 Å². The molecule has 8 nitrogen and oxygen atoms in total. The topological polar surface area (TPSA) is 99.2 Å². The standard InChI is InChI=1S/C20H26N6O2S/c1-13(12-28-2)26-17(23-15-5-4-9-22-19(15)26)6-3-7-18(27)25-10-8-14-16(11-25)29-20(21)24-14/h4-5,9,13H,3,6-8,10-12H2,1-2H3,(H2,21,24)/t13-/m0/s1. The number of anilines is 1. The van der Waals surface area contributed by atoms with E-state index in [0.717, 1.165) is 46.8 Å². The summed E-state index contributed by atoms with van der Waals surface area (Å²) >= 11 is 1.48. The lowest BCUT2D eigenvalue weighted by Gasteiger charge is -2.26.